The molecule has 0 amide bonds. The summed E-state index contributed by atoms with van der Waals surface area (Å²) >= 11 is 0. The highest BCUT2D eigenvalue weighted by Crippen LogP contribution is 2.12. The topological polar surface area (TPSA) is 81.1 Å². The number of rotatable bonds is 5. The van der Waals surface area contributed by atoms with Gasteiger partial charge < -0.3 is 0 Å². The van der Waals surface area contributed by atoms with E-state index in [1.54, 1.807) is 19.9 Å². The number of aromatic nitrogens is 2. The van der Waals surface area contributed by atoms with Gasteiger partial charge in [-0.05, 0) is 32.0 Å². The highest BCUT2D eigenvalue weighted by atomic mass is 32.2. The zero-order valence-corrected chi connectivity index (χ0v) is 13.0. The quantitative estimate of drug-likeness (QED) is 0.888. The van der Waals surface area contributed by atoms with Gasteiger partial charge in [0.05, 0.1) is 0 Å². The number of sulfonamides is 1. The molecule has 0 aliphatic rings. The number of aryl methyl sites for hydroxylation is 2. The molecule has 1 aromatic carbocycles. The van der Waals surface area contributed by atoms with E-state index in [4.69, 9.17) is 0 Å². The van der Waals surface area contributed by atoms with Crippen LogP contribution >= 0.6 is 0 Å². The Labute approximate surface area is 127 Å². The molecule has 1 aromatic heterocycles. The molecule has 8 heteroatoms. The molecule has 0 radical (unpaired) electrons. The van der Waals surface area contributed by atoms with Gasteiger partial charge in [0, 0.05) is 24.5 Å². The fraction of sp³-hybridized carbons (Fsp3) is 0.286. The zero-order chi connectivity index (χ0) is 16.3. The maximum Gasteiger partial charge on any atom is 0.348 e. The number of hydrogen-bond acceptors (Lipinski definition) is 4. The third kappa shape index (κ3) is 3.58. The van der Waals surface area contributed by atoms with Gasteiger partial charge in [-0.1, -0.05) is 12.1 Å². The van der Waals surface area contributed by atoms with Crippen LogP contribution in [0.4, 0.5) is 4.39 Å². The molecule has 2 aromatic rings. The molecule has 0 aliphatic heterocycles. The van der Waals surface area contributed by atoms with Crippen LogP contribution in [0.25, 0.3) is 0 Å². The summed E-state index contributed by atoms with van der Waals surface area (Å²) in [6.45, 7) is 3.52. The van der Waals surface area contributed by atoms with Gasteiger partial charge in [0.2, 0.25) is 10.0 Å². The summed E-state index contributed by atoms with van der Waals surface area (Å²) in [5, 5.41) is 0. The fourth-order valence-electron chi connectivity index (χ4n) is 2.08. The van der Waals surface area contributed by atoms with Crippen molar-refractivity contribution in [1.82, 2.24) is 14.3 Å². The minimum atomic E-state index is -3.96. The van der Waals surface area contributed by atoms with E-state index < -0.39 is 26.4 Å². The van der Waals surface area contributed by atoms with Gasteiger partial charge in [0.15, 0.2) is 0 Å². The average Bonchev–Trinajstić information content (AvgIpc) is 2.42. The minimum Gasteiger partial charge on any atom is -0.295 e. The van der Waals surface area contributed by atoms with Crippen LogP contribution in [-0.2, 0) is 16.6 Å². The first-order valence-electron chi connectivity index (χ1n) is 6.60. The molecule has 118 valence electrons. The summed E-state index contributed by atoms with van der Waals surface area (Å²) in [7, 11) is -3.96. The molecule has 0 spiro atoms. The monoisotopic (exact) mass is 325 g/mol. The SMILES string of the molecule is Cc1cc(C)n(CCNS(=O)(=O)c2ccccc2F)c(=O)n1. The van der Waals surface area contributed by atoms with Crippen LogP contribution in [0.3, 0.4) is 0 Å². The van der Waals surface area contributed by atoms with Gasteiger partial charge in [-0.3, -0.25) is 4.57 Å². The lowest BCUT2D eigenvalue weighted by Gasteiger charge is -2.11. The van der Waals surface area contributed by atoms with Gasteiger partial charge in [-0.15, -0.1) is 0 Å². The first-order chi connectivity index (χ1) is 10.3. The standard InChI is InChI=1S/C14H16FN3O3S/c1-10-9-11(2)18(14(19)17-10)8-7-16-22(20,21)13-6-4-3-5-12(13)15/h3-6,9,16H,7-8H2,1-2H3. The Hall–Kier alpha value is -2.06. The van der Waals surface area contributed by atoms with Crippen LogP contribution in [-0.4, -0.2) is 24.5 Å². The molecule has 22 heavy (non-hydrogen) atoms. The molecular weight excluding hydrogens is 309 g/mol. The summed E-state index contributed by atoms with van der Waals surface area (Å²) in [5.41, 5.74) is 0.843. The summed E-state index contributed by atoms with van der Waals surface area (Å²) in [5.74, 6) is -0.819. The maximum atomic E-state index is 13.5. The van der Waals surface area contributed by atoms with Crippen molar-refractivity contribution in [3.8, 4) is 0 Å². The first-order valence-corrected chi connectivity index (χ1v) is 8.09. The van der Waals surface area contributed by atoms with Gasteiger partial charge in [0.1, 0.15) is 10.7 Å². The van der Waals surface area contributed by atoms with E-state index >= 15 is 0 Å². The summed E-state index contributed by atoms with van der Waals surface area (Å²) in [4.78, 5) is 15.1. The van der Waals surface area contributed by atoms with Crippen LogP contribution < -0.4 is 10.4 Å². The van der Waals surface area contributed by atoms with E-state index in [2.05, 4.69) is 9.71 Å². The molecule has 0 bridgehead atoms. The van der Waals surface area contributed by atoms with E-state index in [0.717, 1.165) is 6.07 Å². The molecule has 6 nitrogen and oxygen atoms in total. The fourth-order valence-corrected chi connectivity index (χ4v) is 3.18. The van der Waals surface area contributed by atoms with Gasteiger partial charge in [-0.2, -0.15) is 4.98 Å². The highest BCUT2D eigenvalue weighted by Gasteiger charge is 2.17. The van der Waals surface area contributed by atoms with Crippen LogP contribution in [0.1, 0.15) is 11.4 Å². The summed E-state index contributed by atoms with van der Waals surface area (Å²) < 4.78 is 41.2. The lowest BCUT2D eigenvalue weighted by Crippen LogP contribution is -2.33. The van der Waals surface area contributed by atoms with E-state index in [0.29, 0.717) is 11.4 Å². The second kappa shape index (κ2) is 6.37. The second-order valence-electron chi connectivity index (χ2n) is 4.80. The molecule has 0 saturated carbocycles. The molecule has 1 N–H and O–H groups in total. The number of nitrogens with zero attached hydrogens (tertiary/aromatic N) is 2. The predicted molar refractivity (Wildman–Crippen MR) is 79.6 cm³/mol. The smallest absolute Gasteiger partial charge is 0.295 e. The van der Waals surface area contributed by atoms with Crippen molar-refractivity contribution in [3.05, 3.63) is 58.0 Å². The number of halogens is 1. The van der Waals surface area contributed by atoms with Gasteiger partial charge in [0.25, 0.3) is 0 Å². The predicted octanol–water partition coefficient (Wildman–Crippen LogP) is 0.978. The third-order valence-electron chi connectivity index (χ3n) is 3.10. The van der Waals surface area contributed by atoms with Crippen LogP contribution in [0.5, 0.6) is 0 Å². The Balaban J connectivity index is 2.12. The van der Waals surface area contributed by atoms with E-state index in [-0.39, 0.29) is 13.1 Å². The second-order valence-corrected chi connectivity index (χ2v) is 6.54. The molecule has 2 rings (SSSR count). The van der Waals surface area contributed by atoms with Crippen molar-refractivity contribution in [3.63, 3.8) is 0 Å². The van der Waals surface area contributed by atoms with Crippen molar-refractivity contribution in [2.75, 3.05) is 6.54 Å². The Morgan fingerprint density at radius 1 is 1.27 bits per heavy atom. The number of hydrogen-bond donors (Lipinski definition) is 1. The highest BCUT2D eigenvalue weighted by molar-refractivity contribution is 7.89. The molecule has 0 unspecified atom stereocenters. The van der Waals surface area contributed by atoms with E-state index in [9.17, 15) is 17.6 Å². The Kier molecular flexibility index (Phi) is 4.72. The van der Waals surface area contributed by atoms with Crippen molar-refractivity contribution in [1.29, 1.82) is 0 Å². The molecule has 0 saturated heterocycles. The van der Waals surface area contributed by atoms with Crippen LogP contribution in [0, 0.1) is 19.7 Å². The number of benzene rings is 1. The van der Waals surface area contributed by atoms with Crippen LogP contribution in [0.15, 0.2) is 40.0 Å². The molecule has 0 atom stereocenters. The van der Waals surface area contributed by atoms with Gasteiger partial charge >= 0.3 is 5.69 Å². The molecule has 1 heterocycles. The molecule has 0 fully saturated rings. The average molecular weight is 325 g/mol. The molecule has 0 aliphatic carbocycles. The largest absolute Gasteiger partial charge is 0.348 e. The third-order valence-corrected chi connectivity index (χ3v) is 4.59. The lowest BCUT2D eigenvalue weighted by atomic mass is 10.3. The van der Waals surface area contributed by atoms with E-state index in [1.165, 1.54) is 22.8 Å². The Morgan fingerprint density at radius 3 is 2.59 bits per heavy atom. The van der Waals surface area contributed by atoms with E-state index in [1.807, 2.05) is 0 Å². The van der Waals surface area contributed by atoms with Crippen LogP contribution in [0.2, 0.25) is 0 Å². The first kappa shape index (κ1) is 16.3. The Morgan fingerprint density at radius 2 is 1.95 bits per heavy atom. The summed E-state index contributed by atoms with van der Waals surface area (Å²) in [6.07, 6.45) is 0. The van der Waals surface area contributed by atoms with Crippen molar-refractivity contribution < 1.29 is 12.8 Å². The zero-order valence-electron chi connectivity index (χ0n) is 12.2. The maximum absolute atomic E-state index is 13.5. The molecular formula is C14H16FN3O3S. The lowest BCUT2D eigenvalue weighted by molar-refractivity contribution is 0.547. The normalized spacial score (nSPS) is 11.6. The van der Waals surface area contributed by atoms with Gasteiger partial charge in [-0.25, -0.2) is 22.3 Å². The van der Waals surface area contributed by atoms with Crippen molar-refractivity contribution in [2.45, 2.75) is 25.3 Å². The van der Waals surface area contributed by atoms with Crippen molar-refractivity contribution >= 4 is 10.0 Å². The number of nitrogens with one attached hydrogen (secondary N) is 1. The Bertz CT molecular complexity index is 847. The van der Waals surface area contributed by atoms with Crippen molar-refractivity contribution in [2.24, 2.45) is 0 Å². The minimum absolute atomic E-state index is 0.0395. The summed E-state index contributed by atoms with van der Waals surface area (Å²) in [6, 6.07) is 6.84.